The van der Waals surface area contributed by atoms with Gasteiger partial charge >= 0.3 is 0 Å². The fourth-order valence-corrected chi connectivity index (χ4v) is 3.94. The van der Waals surface area contributed by atoms with Crippen LogP contribution in [-0.4, -0.2) is 54.8 Å². The maximum absolute atomic E-state index is 12.5. The first-order valence-electron chi connectivity index (χ1n) is 6.54. The van der Waals surface area contributed by atoms with Gasteiger partial charge in [-0.15, -0.1) is 0 Å². The highest BCUT2D eigenvalue weighted by atomic mass is 32.2. The Morgan fingerprint density at radius 1 is 1.21 bits per heavy atom. The first-order chi connectivity index (χ1) is 9.09. The highest BCUT2D eigenvalue weighted by Crippen LogP contribution is 2.28. The van der Waals surface area contributed by atoms with Crippen molar-refractivity contribution < 1.29 is 8.42 Å². The van der Waals surface area contributed by atoms with Gasteiger partial charge in [-0.1, -0.05) is 0 Å². The summed E-state index contributed by atoms with van der Waals surface area (Å²) < 4.78 is 26.4. The van der Waals surface area contributed by atoms with Crippen molar-refractivity contribution in [1.29, 1.82) is 0 Å². The van der Waals surface area contributed by atoms with Crippen LogP contribution in [0.1, 0.15) is 12.8 Å². The Labute approximate surface area is 113 Å². The highest BCUT2D eigenvalue weighted by Gasteiger charge is 2.35. The highest BCUT2D eigenvalue weighted by molar-refractivity contribution is 7.89. The monoisotopic (exact) mass is 282 g/mol. The number of sulfonamides is 1. The Hall–Kier alpha value is -1.18. The third-order valence-electron chi connectivity index (χ3n) is 3.72. The Morgan fingerprint density at radius 2 is 1.89 bits per heavy atom. The molecule has 2 heterocycles. The second-order valence-corrected chi connectivity index (χ2v) is 6.92. The molecule has 1 aliphatic carbocycles. The lowest BCUT2D eigenvalue weighted by Crippen LogP contribution is -2.49. The van der Waals surface area contributed by atoms with Gasteiger partial charge in [0.2, 0.25) is 0 Å². The van der Waals surface area contributed by atoms with Crippen molar-refractivity contribution in [3.63, 3.8) is 0 Å². The van der Waals surface area contributed by atoms with Gasteiger partial charge in [0.25, 0.3) is 10.0 Å². The van der Waals surface area contributed by atoms with Crippen LogP contribution in [0.3, 0.4) is 0 Å². The molecule has 0 spiro atoms. The zero-order valence-electron chi connectivity index (χ0n) is 10.7. The molecule has 2 N–H and O–H groups in total. The van der Waals surface area contributed by atoms with Crippen molar-refractivity contribution in [2.45, 2.75) is 23.9 Å². The van der Waals surface area contributed by atoms with E-state index in [1.807, 2.05) is 0 Å². The summed E-state index contributed by atoms with van der Waals surface area (Å²) >= 11 is 0. The van der Waals surface area contributed by atoms with E-state index >= 15 is 0 Å². The van der Waals surface area contributed by atoms with E-state index in [1.165, 1.54) is 23.3 Å². The van der Waals surface area contributed by atoms with Crippen LogP contribution in [-0.2, 0) is 10.0 Å². The molecule has 0 bridgehead atoms. The van der Waals surface area contributed by atoms with E-state index in [4.69, 9.17) is 5.73 Å². The van der Waals surface area contributed by atoms with E-state index in [1.54, 1.807) is 12.1 Å². The smallest absolute Gasteiger partial charge is 0.262 e. The number of hydrogen-bond acceptors (Lipinski definition) is 5. The summed E-state index contributed by atoms with van der Waals surface area (Å²) in [6.45, 7) is 2.65. The molecule has 2 aliphatic rings. The van der Waals surface area contributed by atoms with Gasteiger partial charge in [0.1, 0.15) is 0 Å². The van der Waals surface area contributed by atoms with Crippen molar-refractivity contribution in [3.8, 4) is 0 Å². The van der Waals surface area contributed by atoms with E-state index < -0.39 is 10.0 Å². The molecule has 0 unspecified atom stereocenters. The predicted octanol–water partition coefficient (Wildman–Crippen LogP) is 0.132. The van der Waals surface area contributed by atoms with E-state index in [9.17, 15) is 8.42 Å². The molecule has 2 fully saturated rings. The summed E-state index contributed by atoms with van der Waals surface area (Å²) in [6.07, 6.45) is 3.96. The van der Waals surface area contributed by atoms with Gasteiger partial charge in [0.15, 0.2) is 5.03 Å². The molecule has 1 saturated heterocycles. The van der Waals surface area contributed by atoms with Gasteiger partial charge in [0.05, 0.1) is 5.69 Å². The van der Waals surface area contributed by atoms with Gasteiger partial charge in [0, 0.05) is 38.4 Å². The van der Waals surface area contributed by atoms with Crippen molar-refractivity contribution >= 4 is 15.7 Å². The molecule has 1 aromatic rings. The summed E-state index contributed by atoms with van der Waals surface area (Å²) in [4.78, 5) is 6.29. The van der Waals surface area contributed by atoms with Crippen LogP contribution in [0, 0.1) is 0 Å². The lowest BCUT2D eigenvalue weighted by atomic mass is 10.3. The second-order valence-electron chi connectivity index (χ2n) is 5.07. The van der Waals surface area contributed by atoms with Crippen LogP contribution in [0.4, 0.5) is 5.69 Å². The Kier molecular flexibility index (Phi) is 3.20. The molecule has 104 valence electrons. The van der Waals surface area contributed by atoms with Gasteiger partial charge in [-0.2, -0.15) is 4.31 Å². The lowest BCUT2D eigenvalue weighted by molar-refractivity contribution is 0.180. The minimum Gasteiger partial charge on any atom is -0.396 e. The van der Waals surface area contributed by atoms with Crippen LogP contribution in [0.2, 0.25) is 0 Å². The quantitative estimate of drug-likeness (QED) is 0.852. The molecule has 3 rings (SSSR count). The maximum Gasteiger partial charge on any atom is 0.262 e. The molecule has 1 saturated carbocycles. The number of aromatic nitrogens is 1. The number of piperazine rings is 1. The van der Waals surface area contributed by atoms with Crippen LogP contribution in [0.25, 0.3) is 0 Å². The number of nitrogen functional groups attached to an aromatic ring is 1. The molecule has 19 heavy (non-hydrogen) atoms. The Morgan fingerprint density at radius 3 is 2.47 bits per heavy atom. The van der Waals surface area contributed by atoms with Crippen molar-refractivity contribution in [1.82, 2.24) is 14.2 Å². The minimum atomic E-state index is -3.55. The fourth-order valence-electron chi connectivity index (χ4n) is 2.49. The summed E-state index contributed by atoms with van der Waals surface area (Å²) in [5.41, 5.74) is 5.94. The molecule has 0 atom stereocenters. The van der Waals surface area contributed by atoms with Gasteiger partial charge < -0.3 is 5.73 Å². The molecule has 0 radical (unpaired) electrons. The number of nitrogens with two attached hydrogens (primary N) is 1. The van der Waals surface area contributed by atoms with Gasteiger partial charge in [-0.05, 0) is 25.0 Å². The lowest BCUT2D eigenvalue weighted by Gasteiger charge is -2.33. The average Bonchev–Trinajstić information content (AvgIpc) is 3.23. The van der Waals surface area contributed by atoms with Crippen LogP contribution in [0.15, 0.2) is 23.4 Å². The largest absolute Gasteiger partial charge is 0.396 e. The van der Waals surface area contributed by atoms with Crippen molar-refractivity contribution in [2.75, 3.05) is 31.9 Å². The number of hydrogen-bond donors (Lipinski definition) is 1. The summed E-state index contributed by atoms with van der Waals surface area (Å²) in [5.74, 6) is 0. The molecule has 0 aromatic carbocycles. The van der Waals surface area contributed by atoms with Crippen molar-refractivity contribution in [2.24, 2.45) is 0 Å². The normalized spacial score (nSPS) is 22.5. The molecular formula is C12H18N4O2S. The maximum atomic E-state index is 12.5. The average molecular weight is 282 g/mol. The first-order valence-corrected chi connectivity index (χ1v) is 7.98. The van der Waals surface area contributed by atoms with E-state index in [2.05, 4.69) is 9.88 Å². The van der Waals surface area contributed by atoms with Crippen LogP contribution >= 0.6 is 0 Å². The molecule has 6 nitrogen and oxygen atoms in total. The van der Waals surface area contributed by atoms with Gasteiger partial charge in [-0.25, -0.2) is 13.4 Å². The van der Waals surface area contributed by atoms with Crippen LogP contribution < -0.4 is 5.73 Å². The zero-order chi connectivity index (χ0) is 13.5. The topological polar surface area (TPSA) is 79.5 Å². The molecular weight excluding hydrogens is 264 g/mol. The molecule has 7 heteroatoms. The number of anilines is 1. The molecule has 1 aliphatic heterocycles. The van der Waals surface area contributed by atoms with E-state index in [0.717, 1.165) is 13.1 Å². The van der Waals surface area contributed by atoms with E-state index in [-0.39, 0.29) is 10.7 Å². The Bertz CT molecular complexity index is 563. The SMILES string of the molecule is Nc1cccnc1S(=O)(=O)N1CCN(C2CC2)CC1. The summed E-state index contributed by atoms with van der Waals surface area (Å²) in [5, 5.41) is -0.0186. The second kappa shape index (κ2) is 4.73. The fraction of sp³-hybridized carbons (Fsp3) is 0.583. The standard InChI is InChI=1S/C12H18N4O2S/c13-11-2-1-5-14-12(11)19(17,18)16-8-6-15(7-9-16)10-3-4-10/h1-2,5,10H,3-4,6-9,13H2. The molecule has 0 amide bonds. The summed E-state index contributed by atoms with van der Waals surface area (Å²) in [7, 11) is -3.55. The van der Waals surface area contributed by atoms with Gasteiger partial charge in [-0.3, -0.25) is 4.90 Å². The third-order valence-corrected chi connectivity index (χ3v) is 5.60. The van der Waals surface area contributed by atoms with Crippen molar-refractivity contribution in [3.05, 3.63) is 18.3 Å². The Balaban J connectivity index is 1.76. The third kappa shape index (κ3) is 2.45. The van der Waals surface area contributed by atoms with E-state index in [0.29, 0.717) is 19.1 Å². The summed E-state index contributed by atoms with van der Waals surface area (Å²) in [6, 6.07) is 3.89. The minimum absolute atomic E-state index is 0.0186. The first kappa shape index (κ1) is 12.8. The number of pyridine rings is 1. The number of rotatable bonds is 3. The predicted molar refractivity (Wildman–Crippen MR) is 72.0 cm³/mol. The molecule has 1 aromatic heterocycles. The number of nitrogens with zero attached hydrogens (tertiary/aromatic N) is 3. The zero-order valence-corrected chi connectivity index (χ0v) is 11.5. The van der Waals surface area contributed by atoms with Crippen LogP contribution in [0.5, 0.6) is 0 Å².